The van der Waals surface area contributed by atoms with Crippen LogP contribution in [0.3, 0.4) is 0 Å². The summed E-state index contributed by atoms with van der Waals surface area (Å²) in [5.74, 6) is 4.74. The largest absolute Gasteiger partial charge is 0.380 e. The maximum absolute atomic E-state index is 12.7. The van der Waals surface area contributed by atoms with E-state index in [-0.39, 0.29) is 11.8 Å². The normalized spacial score (nSPS) is 31.8. The number of H-pyrrole nitrogens is 1. The Bertz CT molecular complexity index is 1250. The molecule has 5 aliphatic rings. The second-order valence-electron chi connectivity index (χ2n) is 13.1. The van der Waals surface area contributed by atoms with Crippen LogP contribution in [0, 0.1) is 29.6 Å². The number of carbonyl (C=O) groups excluding carboxylic acids is 1. The summed E-state index contributed by atoms with van der Waals surface area (Å²) in [6.07, 6.45) is 14.7. The van der Waals surface area contributed by atoms with Crippen LogP contribution in [0.2, 0.25) is 0 Å². The van der Waals surface area contributed by atoms with Gasteiger partial charge in [-0.15, -0.1) is 0 Å². The number of rotatable bonds is 6. The summed E-state index contributed by atoms with van der Waals surface area (Å²) >= 11 is 0. The van der Waals surface area contributed by atoms with Crippen molar-refractivity contribution >= 4 is 17.3 Å². The van der Waals surface area contributed by atoms with E-state index in [1.807, 2.05) is 30.5 Å². The molecular formula is C33H40N4O. The van der Waals surface area contributed by atoms with Crippen LogP contribution in [-0.4, -0.2) is 21.4 Å². The van der Waals surface area contributed by atoms with Crippen LogP contribution in [0.25, 0.3) is 22.6 Å². The van der Waals surface area contributed by atoms with Gasteiger partial charge in [0.05, 0.1) is 11.9 Å². The van der Waals surface area contributed by atoms with Crippen molar-refractivity contribution < 1.29 is 4.79 Å². The maximum Gasteiger partial charge on any atom is 0.227 e. The topological polar surface area (TPSA) is 69.8 Å². The molecule has 0 atom stereocenters. The first kappa shape index (κ1) is 24.0. The lowest BCUT2D eigenvalue weighted by Gasteiger charge is -2.57. The van der Waals surface area contributed by atoms with Crippen LogP contribution in [-0.2, 0) is 4.79 Å². The molecule has 5 heteroatoms. The molecule has 1 aromatic heterocycles. The summed E-state index contributed by atoms with van der Waals surface area (Å²) < 4.78 is 0. The minimum absolute atomic E-state index is 0.146. The molecule has 1 amide bonds. The first-order chi connectivity index (χ1) is 18.5. The van der Waals surface area contributed by atoms with E-state index in [4.69, 9.17) is 0 Å². The van der Waals surface area contributed by atoms with Crippen molar-refractivity contribution in [1.82, 2.24) is 9.97 Å². The lowest BCUT2D eigenvalue weighted by atomic mass is 9.53. The molecule has 4 bridgehead atoms. The van der Waals surface area contributed by atoms with Crippen molar-refractivity contribution in [2.75, 3.05) is 10.6 Å². The maximum atomic E-state index is 12.7. The lowest BCUT2D eigenvalue weighted by molar-refractivity contribution is -0.121. The van der Waals surface area contributed by atoms with E-state index in [0.717, 1.165) is 77.7 Å². The Morgan fingerprint density at radius 3 is 2.03 bits per heavy atom. The van der Waals surface area contributed by atoms with Gasteiger partial charge >= 0.3 is 0 Å². The van der Waals surface area contributed by atoms with Crippen LogP contribution >= 0.6 is 0 Å². The zero-order valence-electron chi connectivity index (χ0n) is 22.5. The van der Waals surface area contributed by atoms with Crippen molar-refractivity contribution in [3.05, 3.63) is 54.7 Å². The number of aromatic amines is 1. The SMILES string of the molecule is CC1CCC(C(=O)Nc2ccc(-c3ncc(-c4ccc(NC56CC7CC(CC(C7)C5)C6)cc4)[nH]3)cc2)CC1. The van der Waals surface area contributed by atoms with Crippen molar-refractivity contribution in [1.29, 1.82) is 0 Å². The zero-order chi connectivity index (χ0) is 25.7. The zero-order valence-corrected chi connectivity index (χ0v) is 22.5. The molecule has 3 aromatic rings. The smallest absolute Gasteiger partial charge is 0.227 e. The number of hydrogen-bond donors (Lipinski definition) is 3. The molecule has 8 rings (SSSR count). The van der Waals surface area contributed by atoms with Gasteiger partial charge in [-0.25, -0.2) is 4.98 Å². The summed E-state index contributed by atoms with van der Waals surface area (Å²) in [4.78, 5) is 20.8. The van der Waals surface area contributed by atoms with Crippen LogP contribution in [0.15, 0.2) is 54.7 Å². The summed E-state index contributed by atoms with van der Waals surface area (Å²) in [5, 5.41) is 7.09. The highest BCUT2D eigenvalue weighted by atomic mass is 16.1. The first-order valence-corrected chi connectivity index (χ1v) is 14.9. The molecule has 0 unspecified atom stereocenters. The molecule has 3 N–H and O–H groups in total. The first-order valence-electron chi connectivity index (χ1n) is 14.9. The Morgan fingerprint density at radius 1 is 0.816 bits per heavy atom. The van der Waals surface area contributed by atoms with Gasteiger partial charge in [0, 0.05) is 28.4 Å². The summed E-state index contributed by atoms with van der Waals surface area (Å²) in [7, 11) is 0. The van der Waals surface area contributed by atoms with E-state index in [9.17, 15) is 4.79 Å². The molecule has 38 heavy (non-hydrogen) atoms. The number of nitrogens with one attached hydrogen (secondary N) is 3. The van der Waals surface area contributed by atoms with E-state index in [1.54, 1.807) is 0 Å². The number of hydrogen-bond acceptors (Lipinski definition) is 3. The number of amides is 1. The fraction of sp³-hybridized carbons (Fsp3) is 0.515. The second kappa shape index (κ2) is 9.59. The van der Waals surface area contributed by atoms with Crippen molar-refractivity contribution in [3.63, 3.8) is 0 Å². The number of imidazole rings is 1. The number of anilines is 2. The molecule has 2 aromatic carbocycles. The molecular weight excluding hydrogens is 468 g/mol. The minimum Gasteiger partial charge on any atom is -0.380 e. The molecule has 0 spiro atoms. The Hall–Kier alpha value is -3.08. The Balaban J connectivity index is 0.987. The van der Waals surface area contributed by atoms with Crippen molar-refractivity contribution in [2.45, 2.75) is 76.7 Å². The van der Waals surface area contributed by atoms with E-state index in [2.05, 4.69) is 51.8 Å². The molecule has 0 aliphatic heterocycles. The number of carbonyl (C=O) groups is 1. The van der Waals surface area contributed by atoms with Gasteiger partial charge in [-0.3, -0.25) is 4.79 Å². The van der Waals surface area contributed by atoms with Crippen molar-refractivity contribution in [2.24, 2.45) is 29.6 Å². The standard InChI is InChI=1S/C33H40N4O/c1-21-2-4-27(5-3-21)32(38)35-28-10-8-26(9-11-28)31-34-20-30(36-31)25-6-12-29(13-7-25)37-33-17-22-14-23(18-33)16-24(15-22)19-33/h6-13,20-24,27,37H,2-5,14-19H2,1H3,(H,34,36)(H,35,38). The molecule has 5 fully saturated rings. The van der Waals surface area contributed by atoms with Gasteiger partial charge in [-0.1, -0.05) is 19.1 Å². The number of nitrogens with zero attached hydrogens (tertiary/aromatic N) is 1. The van der Waals surface area contributed by atoms with Gasteiger partial charge in [0.2, 0.25) is 5.91 Å². The summed E-state index contributed by atoms with van der Waals surface area (Å²) in [6.45, 7) is 2.28. The number of aromatic nitrogens is 2. The third kappa shape index (κ3) is 4.76. The van der Waals surface area contributed by atoms with Crippen molar-refractivity contribution in [3.8, 4) is 22.6 Å². The highest BCUT2D eigenvalue weighted by Crippen LogP contribution is 2.56. The predicted octanol–water partition coefficient (Wildman–Crippen LogP) is 7.89. The van der Waals surface area contributed by atoms with Gasteiger partial charge in [-0.2, -0.15) is 0 Å². The molecule has 1 heterocycles. The van der Waals surface area contributed by atoms with Crippen LogP contribution in [0.5, 0.6) is 0 Å². The third-order valence-electron chi connectivity index (χ3n) is 10.0. The van der Waals surface area contributed by atoms with Crippen LogP contribution in [0.4, 0.5) is 11.4 Å². The van der Waals surface area contributed by atoms with E-state index in [1.165, 1.54) is 44.2 Å². The fourth-order valence-electron chi connectivity index (χ4n) is 8.40. The predicted molar refractivity (Wildman–Crippen MR) is 154 cm³/mol. The van der Waals surface area contributed by atoms with Crippen LogP contribution in [0.1, 0.15) is 71.1 Å². The molecule has 5 aliphatic carbocycles. The molecule has 0 saturated heterocycles. The van der Waals surface area contributed by atoms with Gasteiger partial charge in [0.15, 0.2) is 0 Å². The number of benzene rings is 2. The Morgan fingerprint density at radius 2 is 1.39 bits per heavy atom. The Kier molecular flexibility index (Phi) is 6.05. The summed E-state index contributed by atoms with van der Waals surface area (Å²) in [5.41, 5.74) is 5.61. The van der Waals surface area contributed by atoms with Gasteiger partial charge < -0.3 is 15.6 Å². The third-order valence-corrected chi connectivity index (χ3v) is 10.0. The molecule has 198 valence electrons. The monoisotopic (exact) mass is 508 g/mol. The second-order valence-corrected chi connectivity index (χ2v) is 13.1. The average molecular weight is 509 g/mol. The van der Waals surface area contributed by atoms with E-state index >= 15 is 0 Å². The Labute approximate surface area is 226 Å². The lowest BCUT2D eigenvalue weighted by Crippen LogP contribution is -2.54. The minimum atomic E-state index is 0.146. The quantitative estimate of drug-likeness (QED) is 0.317. The van der Waals surface area contributed by atoms with E-state index < -0.39 is 0 Å². The van der Waals surface area contributed by atoms with Gasteiger partial charge in [0.25, 0.3) is 0 Å². The highest BCUT2D eigenvalue weighted by molar-refractivity contribution is 5.92. The molecule has 5 saturated carbocycles. The highest BCUT2D eigenvalue weighted by Gasteiger charge is 2.50. The molecule has 0 radical (unpaired) electrons. The average Bonchev–Trinajstić information content (AvgIpc) is 3.39. The summed E-state index contributed by atoms with van der Waals surface area (Å²) in [6, 6.07) is 16.9. The fourth-order valence-corrected chi connectivity index (χ4v) is 8.40. The van der Waals surface area contributed by atoms with Gasteiger partial charge in [0.1, 0.15) is 5.82 Å². The van der Waals surface area contributed by atoms with E-state index in [0.29, 0.717) is 5.54 Å². The van der Waals surface area contributed by atoms with Crippen LogP contribution < -0.4 is 10.6 Å². The molecule has 5 nitrogen and oxygen atoms in total. The van der Waals surface area contributed by atoms with Gasteiger partial charge in [-0.05, 0) is 130 Å².